The van der Waals surface area contributed by atoms with E-state index < -0.39 is 10.0 Å². The molecule has 1 amide bonds. The SMILES string of the molecule is C=CCS(=O)(=O)Nc1ccccc1C(=O)NCCN. The summed E-state index contributed by atoms with van der Waals surface area (Å²) in [4.78, 5) is 11.8. The van der Waals surface area contributed by atoms with Crippen LogP contribution in [0.1, 0.15) is 10.4 Å². The average Bonchev–Trinajstić information content (AvgIpc) is 2.36. The maximum absolute atomic E-state index is 11.8. The summed E-state index contributed by atoms with van der Waals surface area (Å²) in [5, 5.41) is 2.59. The van der Waals surface area contributed by atoms with Gasteiger partial charge in [-0.1, -0.05) is 18.2 Å². The third kappa shape index (κ3) is 4.72. The van der Waals surface area contributed by atoms with Gasteiger partial charge in [0.05, 0.1) is 17.0 Å². The van der Waals surface area contributed by atoms with E-state index >= 15 is 0 Å². The van der Waals surface area contributed by atoms with Gasteiger partial charge in [-0.05, 0) is 12.1 Å². The average molecular weight is 283 g/mol. The summed E-state index contributed by atoms with van der Waals surface area (Å²) in [6, 6.07) is 6.36. The van der Waals surface area contributed by atoms with Crippen LogP contribution in [-0.4, -0.2) is 33.2 Å². The number of hydrogen-bond donors (Lipinski definition) is 3. The number of hydrogen-bond acceptors (Lipinski definition) is 4. The Balaban J connectivity index is 2.96. The molecule has 0 heterocycles. The Bertz CT molecular complexity index is 555. The molecule has 0 fully saturated rings. The van der Waals surface area contributed by atoms with Gasteiger partial charge in [-0.15, -0.1) is 6.58 Å². The molecule has 6 nitrogen and oxygen atoms in total. The molecule has 7 heteroatoms. The third-order valence-electron chi connectivity index (χ3n) is 2.20. The Morgan fingerprint density at radius 1 is 1.37 bits per heavy atom. The van der Waals surface area contributed by atoms with E-state index in [0.717, 1.165) is 0 Å². The van der Waals surface area contributed by atoms with Crippen LogP contribution in [0.4, 0.5) is 5.69 Å². The van der Waals surface area contributed by atoms with Crippen molar-refractivity contribution in [3.63, 3.8) is 0 Å². The number of rotatable bonds is 7. The number of carbonyl (C=O) groups is 1. The highest BCUT2D eigenvalue weighted by molar-refractivity contribution is 7.92. The molecule has 19 heavy (non-hydrogen) atoms. The van der Waals surface area contributed by atoms with Crippen molar-refractivity contribution < 1.29 is 13.2 Å². The highest BCUT2D eigenvalue weighted by atomic mass is 32.2. The molecule has 104 valence electrons. The fraction of sp³-hybridized carbons (Fsp3) is 0.250. The van der Waals surface area contributed by atoms with Crippen LogP contribution >= 0.6 is 0 Å². The molecule has 0 spiro atoms. The lowest BCUT2D eigenvalue weighted by atomic mass is 10.1. The van der Waals surface area contributed by atoms with Gasteiger partial charge in [-0.25, -0.2) is 8.42 Å². The number of sulfonamides is 1. The van der Waals surface area contributed by atoms with E-state index in [0.29, 0.717) is 13.1 Å². The van der Waals surface area contributed by atoms with Gasteiger partial charge in [-0.3, -0.25) is 9.52 Å². The maximum Gasteiger partial charge on any atom is 0.253 e. The second-order valence-electron chi connectivity index (χ2n) is 3.76. The number of benzene rings is 1. The van der Waals surface area contributed by atoms with E-state index in [1.165, 1.54) is 18.2 Å². The molecule has 0 saturated carbocycles. The zero-order valence-corrected chi connectivity index (χ0v) is 11.2. The van der Waals surface area contributed by atoms with Crippen LogP contribution in [-0.2, 0) is 10.0 Å². The van der Waals surface area contributed by atoms with Crippen LogP contribution in [0.15, 0.2) is 36.9 Å². The van der Waals surface area contributed by atoms with E-state index in [4.69, 9.17) is 5.73 Å². The molecule has 1 aromatic carbocycles. The summed E-state index contributed by atoms with van der Waals surface area (Å²) in [5.74, 6) is -0.589. The number of amides is 1. The summed E-state index contributed by atoms with van der Waals surface area (Å²) in [7, 11) is -3.53. The van der Waals surface area contributed by atoms with Crippen LogP contribution in [0.25, 0.3) is 0 Å². The lowest BCUT2D eigenvalue weighted by Gasteiger charge is -2.11. The predicted octanol–water partition coefficient (Wildman–Crippen LogP) is 0.303. The smallest absolute Gasteiger partial charge is 0.253 e. The van der Waals surface area contributed by atoms with E-state index in [2.05, 4.69) is 16.6 Å². The van der Waals surface area contributed by atoms with Crippen LogP contribution in [0.3, 0.4) is 0 Å². The van der Waals surface area contributed by atoms with Crippen molar-refractivity contribution in [3.05, 3.63) is 42.5 Å². The van der Waals surface area contributed by atoms with Gasteiger partial charge in [0.15, 0.2) is 0 Å². The van der Waals surface area contributed by atoms with Gasteiger partial charge in [0.25, 0.3) is 5.91 Å². The zero-order chi connectivity index (χ0) is 14.3. The summed E-state index contributed by atoms with van der Waals surface area (Å²) in [5.41, 5.74) is 5.79. The Kier molecular flexibility index (Phi) is 5.53. The Labute approximate surface area is 112 Å². The molecule has 1 rings (SSSR count). The summed E-state index contributed by atoms with van der Waals surface area (Å²) in [6.07, 6.45) is 1.28. The second kappa shape index (κ2) is 6.91. The first-order valence-corrected chi connectivity index (χ1v) is 7.34. The van der Waals surface area contributed by atoms with Gasteiger partial charge < -0.3 is 11.1 Å². The predicted molar refractivity (Wildman–Crippen MR) is 75.4 cm³/mol. The van der Waals surface area contributed by atoms with Crippen LogP contribution in [0.5, 0.6) is 0 Å². The molecular weight excluding hydrogens is 266 g/mol. The topological polar surface area (TPSA) is 101 Å². The normalized spacial score (nSPS) is 10.8. The molecule has 0 atom stereocenters. The fourth-order valence-corrected chi connectivity index (χ4v) is 2.32. The van der Waals surface area contributed by atoms with Crippen molar-refractivity contribution in [2.75, 3.05) is 23.6 Å². The first-order chi connectivity index (χ1) is 9.00. The molecule has 0 unspecified atom stereocenters. The molecular formula is C12H17N3O3S. The van der Waals surface area contributed by atoms with Crippen LogP contribution < -0.4 is 15.8 Å². The number of nitrogens with one attached hydrogen (secondary N) is 2. The van der Waals surface area contributed by atoms with Crippen molar-refractivity contribution in [1.82, 2.24) is 5.32 Å². The zero-order valence-electron chi connectivity index (χ0n) is 10.4. The van der Waals surface area contributed by atoms with Crippen molar-refractivity contribution in [2.45, 2.75) is 0 Å². The van der Waals surface area contributed by atoms with Crippen LogP contribution in [0.2, 0.25) is 0 Å². The summed E-state index contributed by atoms with van der Waals surface area (Å²) < 4.78 is 25.7. The van der Waals surface area contributed by atoms with E-state index in [1.807, 2.05) is 0 Å². The highest BCUT2D eigenvalue weighted by Crippen LogP contribution is 2.16. The van der Waals surface area contributed by atoms with Crippen LogP contribution in [0, 0.1) is 0 Å². The van der Waals surface area contributed by atoms with Gasteiger partial charge in [-0.2, -0.15) is 0 Å². The standard InChI is InChI=1S/C12H17N3O3S/c1-2-9-19(17,18)15-11-6-4-3-5-10(11)12(16)14-8-7-13/h2-6,15H,1,7-9,13H2,(H,14,16). The molecule has 0 aliphatic carbocycles. The van der Waals surface area contributed by atoms with E-state index in [9.17, 15) is 13.2 Å². The minimum absolute atomic E-state index is 0.217. The molecule has 0 radical (unpaired) electrons. The fourth-order valence-electron chi connectivity index (χ4n) is 1.42. The quantitative estimate of drug-likeness (QED) is 0.626. The van der Waals surface area contributed by atoms with Crippen molar-refractivity contribution in [1.29, 1.82) is 0 Å². The minimum atomic E-state index is -3.53. The molecule has 4 N–H and O–H groups in total. The molecule has 0 aromatic heterocycles. The maximum atomic E-state index is 11.8. The lowest BCUT2D eigenvalue weighted by molar-refractivity contribution is 0.0955. The van der Waals surface area contributed by atoms with E-state index in [1.54, 1.807) is 12.1 Å². The molecule has 0 aliphatic heterocycles. The van der Waals surface area contributed by atoms with E-state index in [-0.39, 0.29) is 22.9 Å². The first kappa shape index (κ1) is 15.2. The third-order valence-corrected chi connectivity index (χ3v) is 3.41. The molecule has 0 bridgehead atoms. The lowest BCUT2D eigenvalue weighted by Crippen LogP contribution is -2.30. The van der Waals surface area contributed by atoms with Crippen molar-refractivity contribution in [2.24, 2.45) is 5.73 Å². The molecule has 0 saturated heterocycles. The first-order valence-electron chi connectivity index (χ1n) is 5.69. The van der Waals surface area contributed by atoms with Crippen molar-refractivity contribution in [3.8, 4) is 0 Å². The summed E-state index contributed by atoms with van der Waals surface area (Å²) >= 11 is 0. The van der Waals surface area contributed by atoms with Gasteiger partial charge in [0.1, 0.15) is 0 Å². The minimum Gasteiger partial charge on any atom is -0.351 e. The second-order valence-corrected chi connectivity index (χ2v) is 5.53. The van der Waals surface area contributed by atoms with Gasteiger partial charge >= 0.3 is 0 Å². The Morgan fingerprint density at radius 2 is 2.05 bits per heavy atom. The Hall–Kier alpha value is -1.86. The Morgan fingerprint density at radius 3 is 2.68 bits per heavy atom. The molecule has 0 aliphatic rings. The number of nitrogens with two attached hydrogens (primary N) is 1. The summed E-state index contributed by atoms with van der Waals surface area (Å²) in [6.45, 7) is 4.01. The number of anilines is 1. The van der Waals surface area contributed by atoms with Gasteiger partial charge in [0.2, 0.25) is 10.0 Å². The van der Waals surface area contributed by atoms with Crippen molar-refractivity contribution >= 4 is 21.6 Å². The van der Waals surface area contributed by atoms with Gasteiger partial charge in [0, 0.05) is 13.1 Å². The highest BCUT2D eigenvalue weighted by Gasteiger charge is 2.14. The largest absolute Gasteiger partial charge is 0.351 e. The molecule has 1 aromatic rings. The number of carbonyl (C=O) groups excluding carboxylic acids is 1. The number of para-hydroxylation sites is 1. The monoisotopic (exact) mass is 283 g/mol.